The largest absolute Gasteiger partial charge is 0.298 e. The predicted octanol–water partition coefficient (Wildman–Crippen LogP) is 3.32. The first-order chi connectivity index (χ1) is 8.29. The second-order valence-electron chi connectivity index (χ2n) is 5.63. The zero-order valence-electron chi connectivity index (χ0n) is 10.4. The molecule has 0 radical (unpaired) electrons. The van der Waals surface area contributed by atoms with Crippen LogP contribution in [0.5, 0.6) is 0 Å². The lowest BCUT2D eigenvalue weighted by Crippen LogP contribution is -2.08. The third-order valence-corrected chi connectivity index (χ3v) is 4.38. The van der Waals surface area contributed by atoms with Crippen LogP contribution in [-0.4, -0.2) is 16.1 Å². The van der Waals surface area contributed by atoms with Crippen molar-refractivity contribution >= 4 is 6.29 Å². The van der Waals surface area contributed by atoms with E-state index in [9.17, 15) is 4.79 Å². The summed E-state index contributed by atoms with van der Waals surface area (Å²) in [5, 5.41) is 4.71. The van der Waals surface area contributed by atoms with Gasteiger partial charge in [-0.3, -0.25) is 9.48 Å². The maximum atomic E-state index is 11.2. The average molecular weight is 232 g/mol. The minimum Gasteiger partial charge on any atom is -0.298 e. The standard InChI is InChI=1S/C14H20N2O/c1-10(11-6-7-11)16-8-13(9-17)14(15-16)12-4-2-3-5-12/h8-12H,2-7H2,1H3. The van der Waals surface area contributed by atoms with Gasteiger partial charge in [0.25, 0.3) is 0 Å². The quantitative estimate of drug-likeness (QED) is 0.746. The molecule has 1 heterocycles. The number of aromatic nitrogens is 2. The van der Waals surface area contributed by atoms with Crippen LogP contribution >= 0.6 is 0 Å². The van der Waals surface area contributed by atoms with Crippen LogP contribution in [0.4, 0.5) is 0 Å². The fraction of sp³-hybridized carbons (Fsp3) is 0.714. The van der Waals surface area contributed by atoms with Crippen LogP contribution in [0.15, 0.2) is 6.20 Å². The number of hydrogen-bond acceptors (Lipinski definition) is 2. The summed E-state index contributed by atoms with van der Waals surface area (Å²) in [5.74, 6) is 1.31. The fourth-order valence-corrected chi connectivity index (χ4v) is 3.03. The average Bonchev–Trinajstić information content (AvgIpc) is 2.90. The first-order valence-electron chi connectivity index (χ1n) is 6.84. The summed E-state index contributed by atoms with van der Waals surface area (Å²) in [7, 11) is 0. The number of rotatable bonds is 4. The van der Waals surface area contributed by atoms with E-state index in [0.717, 1.165) is 23.5 Å². The topological polar surface area (TPSA) is 34.9 Å². The van der Waals surface area contributed by atoms with Gasteiger partial charge in [-0.05, 0) is 38.5 Å². The lowest BCUT2D eigenvalue weighted by Gasteiger charge is -2.10. The van der Waals surface area contributed by atoms with Crippen molar-refractivity contribution in [2.24, 2.45) is 5.92 Å². The molecule has 17 heavy (non-hydrogen) atoms. The van der Waals surface area contributed by atoms with Crippen LogP contribution in [0.1, 0.15) is 73.5 Å². The zero-order valence-corrected chi connectivity index (χ0v) is 10.4. The Morgan fingerprint density at radius 1 is 1.35 bits per heavy atom. The van der Waals surface area contributed by atoms with Crippen LogP contribution in [-0.2, 0) is 0 Å². The molecule has 1 aromatic heterocycles. The molecule has 0 saturated heterocycles. The lowest BCUT2D eigenvalue weighted by atomic mass is 10.0. The molecule has 92 valence electrons. The molecule has 0 amide bonds. The Hall–Kier alpha value is -1.12. The lowest BCUT2D eigenvalue weighted by molar-refractivity contribution is 0.112. The summed E-state index contributed by atoms with van der Waals surface area (Å²) in [4.78, 5) is 11.2. The van der Waals surface area contributed by atoms with E-state index in [0.29, 0.717) is 12.0 Å². The van der Waals surface area contributed by atoms with E-state index < -0.39 is 0 Å². The van der Waals surface area contributed by atoms with Crippen LogP contribution in [0, 0.1) is 5.92 Å². The third-order valence-electron chi connectivity index (χ3n) is 4.38. The van der Waals surface area contributed by atoms with Crippen molar-refractivity contribution < 1.29 is 4.79 Å². The van der Waals surface area contributed by atoms with Gasteiger partial charge in [-0.1, -0.05) is 12.8 Å². The van der Waals surface area contributed by atoms with Gasteiger partial charge in [0.2, 0.25) is 0 Å². The highest BCUT2D eigenvalue weighted by Crippen LogP contribution is 2.40. The maximum absolute atomic E-state index is 11.2. The van der Waals surface area contributed by atoms with Gasteiger partial charge >= 0.3 is 0 Å². The Labute approximate surface area is 102 Å². The number of carbonyl (C=O) groups excluding carboxylic acids is 1. The predicted molar refractivity (Wildman–Crippen MR) is 66.3 cm³/mol. The summed E-state index contributed by atoms with van der Waals surface area (Å²) in [5.41, 5.74) is 1.88. The van der Waals surface area contributed by atoms with E-state index >= 15 is 0 Å². The highest BCUT2D eigenvalue weighted by molar-refractivity contribution is 5.76. The van der Waals surface area contributed by atoms with E-state index in [1.54, 1.807) is 0 Å². The summed E-state index contributed by atoms with van der Waals surface area (Å²) in [6, 6.07) is 0.462. The van der Waals surface area contributed by atoms with Gasteiger partial charge < -0.3 is 0 Å². The molecule has 3 nitrogen and oxygen atoms in total. The molecule has 1 atom stereocenters. The number of carbonyl (C=O) groups is 1. The molecule has 3 heteroatoms. The summed E-state index contributed by atoms with van der Waals surface area (Å²) in [6.07, 6.45) is 10.6. The molecule has 1 unspecified atom stereocenters. The van der Waals surface area contributed by atoms with Crippen molar-refractivity contribution in [2.45, 2.75) is 57.4 Å². The molecule has 2 saturated carbocycles. The first-order valence-corrected chi connectivity index (χ1v) is 6.84. The minimum atomic E-state index is 0.462. The Bertz CT molecular complexity index is 414. The Morgan fingerprint density at radius 3 is 2.65 bits per heavy atom. The number of aldehydes is 1. The molecule has 2 aliphatic rings. The van der Waals surface area contributed by atoms with E-state index in [1.165, 1.54) is 38.5 Å². The molecular formula is C14H20N2O. The second-order valence-corrected chi connectivity index (χ2v) is 5.63. The number of hydrogen-bond donors (Lipinski definition) is 0. The SMILES string of the molecule is CC(C1CC1)n1cc(C=O)c(C2CCCC2)n1. The van der Waals surface area contributed by atoms with Crippen molar-refractivity contribution in [3.8, 4) is 0 Å². The van der Waals surface area contributed by atoms with Gasteiger partial charge in [-0.25, -0.2) is 0 Å². The molecule has 1 aromatic rings. The van der Waals surface area contributed by atoms with Gasteiger partial charge in [0, 0.05) is 12.1 Å². The van der Waals surface area contributed by atoms with Crippen LogP contribution in [0.25, 0.3) is 0 Å². The molecule has 2 aliphatic carbocycles. The number of nitrogens with zero attached hydrogens (tertiary/aromatic N) is 2. The zero-order chi connectivity index (χ0) is 11.8. The minimum absolute atomic E-state index is 0.462. The van der Waals surface area contributed by atoms with Crippen molar-refractivity contribution in [1.29, 1.82) is 0 Å². The Balaban J connectivity index is 1.88. The van der Waals surface area contributed by atoms with Gasteiger partial charge in [0.05, 0.1) is 17.3 Å². The van der Waals surface area contributed by atoms with Crippen molar-refractivity contribution in [3.05, 3.63) is 17.5 Å². The summed E-state index contributed by atoms with van der Waals surface area (Å²) >= 11 is 0. The fourth-order valence-electron chi connectivity index (χ4n) is 3.03. The van der Waals surface area contributed by atoms with Gasteiger partial charge in [0.15, 0.2) is 6.29 Å². The van der Waals surface area contributed by atoms with Gasteiger partial charge in [-0.15, -0.1) is 0 Å². The van der Waals surface area contributed by atoms with Crippen molar-refractivity contribution in [1.82, 2.24) is 9.78 Å². The molecule has 0 bridgehead atoms. The van der Waals surface area contributed by atoms with E-state index in [-0.39, 0.29) is 0 Å². The Morgan fingerprint density at radius 2 is 2.06 bits per heavy atom. The van der Waals surface area contributed by atoms with Crippen molar-refractivity contribution in [2.75, 3.05) is 0 Å². The molecule has 0 spiro atoms. The van der Waals surface area contributed by atoms with Gasteiger partial charge in [-0.2, -0.15) is 5.10 Å². The van der Waals surface area contributed by atoms with Gasteiger partial charge in [0.1, 0.15) is 0 Å². The smallest absolute Gasteiger partial charge is 0.153 e. The molecule has 3 rings (SSSR count). The summed E-state index contributed by atoms with van der Waals surface area (Å²) < 4.78 is 2.04. The van der Waals surface area contributed by atoms with Crippen molar-refractivity contribution in [3.63, 3.8) is 0 Å². The molecule has 2 fully saturated rings. The first kappa shape index (κ1) is 11.0. The van der Waals surface area contributed by atoms with Crippen LogP contribution in [0.3, 0.4) is 0 Å². The highest BCUT2D eigenvalue weighted by Gasteiger charge is 2.31. The van der Waals surface area contributed by atoms with E-state index in [1.807, 2.05) is 10.9 Å². The third kappa shape index (κ3) is 2.03. The normalized spacial score (nSPS) is 22.9. The molecule has 0 aromatic carbocycles. The molecule has 0 aliphatic heterocycles. The van der Waals surface area contributed by atoms with Crippen LogP contribution < -0.4 is 0 Å². The maximum Gasteiger partial charge on any atom is 0.153 e. The van der Waals surface area contributed by atoms with E-state index in [2.05, 4.69) is 6.92 Å². The highest BCUT2D eigenvalue weighted by atomic mass is 16.1. The molecular weight excluding hydrogens is 212 g/mol. The van der Waals surface area contributed by atoms with Crippen LogP contribution in [0.2, 0.25) is 0 Å². The Kier molecular flexibility index (Phi) is 2.77. The monoisotopic (exact) mass is 232 g/mol. The van der Waals surface area contributed by atoms with E-state index in [4.69, 9.17) is 5.10 Å². The summed E-state index contributed by atoms with van der Waals surface area (Å²) in [6.45, 7) is 2.22. The molecule has 0 N–H and O–H groups in total. The second kappa shape index (κ2) is 4.28.